The molecule has 18 nitrogen and oxygen atoms in total. The van der Waals surface area contributed by atoms with E-state index >= 15 is 0 Å². The maximum atomic E-state index is 14.8. The average molecular weight is 1100 g/mol. The molecule has 438 valence electrons. The van der Waals surface area contributed by atoms with Crippen molar-refractivity contribution in [2.75, 3.05) is 53.3 Å². The first kappa shape index (κ1) is 65.5. The highest BCUT2D eigenvalue weighted by molar-refractivity contribution is 6.03. The van der Waals surface area contributed by atoms with Crippen LogP contribution in [0.15, 0.2) is 54.6 Å². The van der Waals surface area contributed by atoms with E-state index in [1.807, 2.05) is 71.9 Å². The average Bonchev–Trinajstić information content (AvgIpc) is 4.02. The van der Waals surface area contributed by atoms with E-state index in [9.17, 15) is 48.3 Å². The molecule has 2 heterocycles. The molecule has 2 aliphatic rings. The number of ether oxygens (including phenoxy) is 3. The summed E-state index contributed by atoms with van der Waals surface area (Å²) in [6.07, 6.45) is 2.31. The summed E-state index contributed by atoms with van der Waals surface area (Å²) in [5.74, 6) is -5.68. The summed E-state index contributed by atoms with van der Waals surface area (Å²) in [4.78, 5) is 126. The largest absolute Gasteiger partial charge is 0.481 e. The highest BCUT2D eigenvalue weighted by Gasteiger charge is 2.44. The lowest BCUT2D eigenvalue weighted by molar-refractivity contribution is -0.149. The molecule has 2 N–H and O–H groups in total. The van der Waals surface area contributed by atoms with Gasteiger partial charge in [-0.05, 0) is 73.1 Å². The highest BCUT2D eigenvalue weighted by Crippen LogP contribution is 2.32. The molecule has 0 spiro atoms. The fraction of sp³-hybridized carbons (Fsp3) is 0.656. The van der Waals surface area contributed by atoms with E-state index in [0.717, 1.165) is 12.0 Å². The minimum absolute atomic E-state index is 0.0336. The summed E-state index contributed by atoms with van der Waals surface area (Å²) in [7, 11) is 6.23. The van der Waals surface area contributed by atoms with Gasteiger partial charge in [0.2, 0.25) is 23.6 Å². The number of nitrogens with one attached hydrogen (secondary N) is 1. The number of anilines is 1. The molecule has 2 aliphatic heterocycles. The van der Waals surface area contributed by atoms with Crippen molar-refractivity contribution in [3.8, 4) is 0 Å². The van der Waals surface area contributed by atoms with Crippen LogP contribution in [0.3, 0.4) is 0 Å². The Kier molecular flexibility index (Phi) is 26.3. The van der Waals surface area contributed by atoms with Gasteiger partial charge >= 0.3 is 12.1 Å². The Bertz CT molecular complexity index is 2360. The zero-order valence-corrected chi connectivity index (χ0v) is 49.1. The van der Waals surface area contributed by atoms with Crippen molar-refractivity contribution in [3.05, 3.63) is 65.7 Å². The highest BCUT2D eigenvalue weighted by atomic mass is 16.6. The van der Waals surface area contributed by atoms with Crippen LogP contribution in [0.25, 0.3) is 0 Å². The van der Waals surface area contributed by atoms with Crippen LogP contribution >= 0.6 is 0 Å². The monoisotopic (exact) mass is 1100 g/mol. The molecule has 10 atom stereocenters. The van der Waals surface area contributed by atoms with Gasteiger partial charge in [-0.3, -0.25) is 43.3 Å². The van der Waals surface area contributed by atoms with Crippen LogP contribution < -0.4 is 5.32 Å². The fourth-order valence-corrected chi connectivity index (χ4v) is 11.4. The van der Waals surface area contributed by atoms with Gasteiger partial charge in [-0.15, -0.1) is 0 Å². The molecule has 79 heavy (non-hydrogen) atoms. The van der Waals surface area contributed by atoms with Gasteiger partial charge < -0.3 is 39.3 Å². The first-order chi connectivity index (χ1) is 37.4. The molecule has 3 unspecified atom stereocenters. The molecule has 18 heteroatoms. The van der Waals surface area contributed by atoms with Crippen LogP contribution in [0.5, 0.6) is 0 Å². The second-order valence-corrected chi connectivity index (χ2v) is 22.7. The lowest BCUT2D eigenvalue weighted by Gasteiger charge is -2.41. The van der Waals surface area contributed by atoms with E-state index in [0.29, 0.717) is 62.9 Å². The van der Waals surface area contributed by atoms with Crippen LogP contribution in [-0.2, 0) is 65.6 Å². The Morgan fingerprint density at radius 1 is 0.797 bits per heavy atom. The summed E-state index contributed by atoms with van der Waals surface area (Å²) < 4.78 is 17.7. The number of hydrogen-bond acceptors (Lipinski definition) is 13. The predicted octanol–water partition coefficient (Wildman–Crippen LogP) is 8.27. The maximum Gasteiger partial charge on any atom is 0.410 e. The number of carboxylic acid groups (broad SMARTS) is 1. The number of Topliss-reactive ketones (excluding diaryl/α,β-unsaturated/α-hetero) is 3. The molecule has 5 amide bonds. The molecule has 4 rings (SSSR count). The molecule has 0 aliphatic carbocycles. The zero-order chi connectivity index (χ0) is 58.7. The maximum absolute atomic E-state index is 14.8. The van der Waals surface area contributed by atoms with Gasteiger partial charge in [0.15, 0.2) is 11.6 Å². The van der Waals surface area contributed by atoms with Gasteiger partial charge in [0.25, 0.3) is 0 Å². The molecule has 0 saturated carbocycles. The molecule has 2 aromatic rings. The van der Waals surface area contributed by atoms with E-state index in [2.05, 4.69) is 5.32 Å². The molecule has 2 saturated heterocycles. The van der Waals surface area contributed by atoms with E-state index in [-0.39, 0.29) is 110 Å². The van der Waals surface area contributed by atoms with Gasteiger partial charge in [0.05, 0.1) is 49.2 Å². The standard InChI is InChI=1S/C61H91N5O13/c1-13-40(6)56(52(77-11)35-54(71)65-30-20-24-49(65)57(78-12)42(8)50(68)33-45(60(74)75)32-43-21-16-14-17-22-43)63(9)59(73)48(38(2)3)34-51(69)55(39(4)5)64(10)61(76)79-37-44-25-27-46(28-26-44)62-36-47(67)23-18-15-19-29-66-53(70)31-41(7)58(66)72/h14,16-17,21-22,25-28,38-42,45,48-49,52,55-57,62H,13,15,18-20,23-24,29-37H2,1-12H3,(H,74,75)/t40-,41?,42?,45?,48-,49-,52+,55-,56-,57+/m0/s1. The number of nitrogens with zero attached hydrogens (tertiary/aromatic N) is 4. The predicted molar refractivity (Wildman–Crippen MR) is 300 cm³/mol. The fourth-order valence-electron chi connectivity index (χ4n) is 11.4. The van der Waals surface area contributed by atoms with Gasteiger partial charge in [-0.2, -0.15) is 0 Å². The smallest absolute Gasteiger partial charge is 0.410 e. The van der Waals surface area contributed by atoms with Crippen LogP contribution in [0.4, 0.5) is 10.5 Å². The lowest BCUT2D eigenvalue weighted by atomic mass is 9.83. The number of likely N-dealkylation sites (N-methyl/N-ethyl adjacent to an activating group) is 2. The third-order valence-corrected chi connectivity index (χ3v) is 16.3. The number of likely N-dealkylation sites (tertiary alicyclic amines) is 2. The van der Waals surface area contributed by atoms with Crippen molar-refractivity contribution in [2.45, 2.75) is 169 Å². The SMILES string of the molecule is CC[C@H](C)[C@@H]([C@@H](CC(=O)N1CCC[C@H]1[C@H](OC)C(C)C(=O)CC(Cc1ccccc1)C(=O)O)OC)N(C)C(=O)[C@@H](CC(=O)[C@H](C(C)C)N(C)C(=O)OCc1ccc(NCC(=O)CCCCCN2C(=O)CC(C)C2=O)cc1)C(C)C. The number of carboxylic acids is 1. The van der Waals surface area contributed by atoms with Crippen molar-refractivity contribution >= 4 is 58.7 Å². The second kappa shape index (κ2) is 31.7. The number of hydrogen-bond donors (Lipinski definition) is 2. The summed E-state index contributed by atoms with van der Waals surface area (Å²) >= 11 is 0. The number of amides is 5. The number of unbranched alkanes of at least 4 members (excludes halogenated alkanes) is 2. The molecular weight excluding hydrogens is 1010 g/mol. The van der Waals surface area contributed by atoms with Crippen molar-refractivity contribution in [1.82, 2.24) is 19.6 Å². The van der Waals surface area contributed by atoms with Gasteiger partial charge in [0.1, 0.15) is 12.4 Å². The third kappa shape index (κ3) is 18.5. The molecule has 2 aromatic carbocycles. The van der Waals surface area contributed by atoms with Crippen molar-refractivity contribution < 1.29 is 62.5 Å². The molecule has 0 bridgehead atoms. The van der Waals surface area contributed by atoms with Gasteiger partial charge in [-0.25, -0.2) is 4.79 Å². The first-order valence-corrected chi connectivity index (χ1v) is 28.5. The van der Waals surface area contributed by atoms with Crippen molar-refractivity contribution in [1.29, 1.82) is 0 Å². The van der Waals surface area contributed by atoms with Crippen LogP contribution in [0.2, 0.25) is 0 Å². The Balaban J connectivity index is 1.33. The van der Waals surface area contributed by atoms with E-state index in [1.54, 1.807) is 55.0 Å². The molecule has 0 aromatic heterocycles. The lowest BCUT2D eigenvalue weighted by Crippen LogP contribution is -2.54. The molecule has 2 fully saturated rings. The van der Waals surface area contributed by atoms with Crippen LogP contribution in [-0.4, -0.2) is 156 Å². The normalized spacial score (nSPS) is 18.6. The number of carbonyl (C=O) groups is 9. The Morgan fingerprint density at radius 3 is 2.04 bits per heavy atom. The van der Waals surface area contributed by atoms with Gasteiger partial charge in [-0.1, -0.05) is 111 Å². The number of carbonyl (C=O) groups excluding carboxylic acids is 8. The van der Waals surface area contributed by atoms with E-state index < -0.39 is 60.1 Å². The number of imide groups is 1. The third-order valence-electron chi connectivity index (χ3n) is 16.3. The Labute approximate surface area is 469 Å². The van der Waals surface area contributed by atoms with Crippen molar-refractivity contribution in [3.63, 3.8) is 0 Å². The summed E-state index contributed by atoms with van der Waals surface area (Å²) in [6, 6.07) is 14.4. The number of rotatable bonds is 34. The van der Waals surface area contributed by atoms with E-state index in [4.69, 9.17) is 14.2 Å². The number of ketones is 3. The first-order valence-electron chi connectivity index (χ1n) is 28.5. The number of methoxy groups -OCH3 is 2. The Morgan fingerprint density at radius 2 is 1.47 bits per heavy atom. The van der Waals surface area contributed by atoms with Crippen LogP contribution in [0, 0.1) is 41.4 Å². The quantitative estimate of drug-likeness (QED) is 0.0497. The topological polar surface area (TPSA) is 227 Å². The minimum Gasteiger partial charge on any atom is -0.481 e. The number of benzene rings is 2. The molecular formula is C61H91N5O13. The second-order valence-electron chi connectivity index (χ2n) is 22.7. The Hall–Kier alpha value is -6.01. The summed E-state index contributed by atoms with van der Waals surface area (Å²) in [5.41, 5.74) is 2.23. The van der Waals surface area contributed by atoms with Crippen LogP contribution in [0.1, 0.15) is 137 Å². The number of aliphatic carboxylic acids is 1. The van der Waals surface area contributed by atoms with E-state index in [1.165, 1.54) is 31.1 Å². The summed E-state index contributed by atoms with van der Waals surface area (Å²) in [6.45, 7) is 15.8. The van der Waals surface area contributed by atoms with Gasteiger partial charge in [0, 0.05) is 90.5 Å². The minimum atomic E-state index is -1.05. The van der Waals surface area contributed by atoms with Crippen molar-refractivity contribution in [2.24, 2.45) is 41.4 Å². The summed E-state index contributed by atoms with van der Waals surface area (Å²) in [5, 5.41) is 13.2. The zero-order valence-electron chi connectivity index (χ0n) is 49.1. The molecule has 0 radical (unpaired) electrons.